The first kappa shape index (κ1) is 14.2. The van der Waals surface area contributed by atoms with E-state index in [2.05, 4.69) is 31.2 Å². The van der Waals surface area contributed by atoms with E-state index in [1.807, 2.05) is 30.3 Å². The van der Waals surface area contributed by atoms with Crippen LogP contribution in [-0.4, -0.2) is 12.7 Å². The second kappa shape index (κ2) is 6.77. The van der Waals surface area contributed by atoms with Gasteiger partial charge in [-0.1, -0.05) is 55.8 Å². The molecule has 0 N–H and O–H groups in total. The Labute approximate surface area is 126 Å². The third kappa shape index (κ3) is 3.85. The van der Waals surface area contributed by atoms with Crippen LogP contribution in [0.2, 0.25) is 0 Å². The molecule has 2 unspecified atom stereocenters. The monoisotopic (exact) mass is 282 g/mol. The Hall–Kier alpha value is -1.80. The van der Waals surface area contributed by atoms with Crippen molar-refractivity contribution in [3.8, 4) is 5.75 Å². The molecule has 2 nitrogen and oxygen atoms in total. The molecule has 2 aromatic rings. The van der Waals surface area contributed by atoms with Crippen LogP contribution in [0.1, 0.15) is 37.0 Å². The molecule has 1 aliphatic rings. The molecule has 2 atom stereocenters. The number of ether oxygens (including phenoxy) is 2. The summed E-state index contributed by atoms with van der Waals surface area (Å²) in [5.74, 6) is 0.904. The Morgan fingerprint density at radius 1 is 1.00 bits per heavy atom. The van der Waals surface area contributed by atoms with Gasteiger partial charge in [-0.15, -0.1) is 0 Å². The van der Waals surface area contributed by atoms with Gasteiger partial charge < -0.3 is 9.47 Å². The quantitative estimate of drug-likeness (QED) is 0.695. The van der Waals surface area contributed by atoms with Crippen molar-refractivity contribution in [2.75, 3.05) is 6.61 Å². The Morgan fingerprint density at radius 3 is 2.48 bits per heavy atom. The molecule has 1 saturated heterocycles. The summed E-state index contributed by atoms with van der Waals surface area (Å²) in [6, 6.07) is 18.7. The predicted molar refractivity (Wildman–Crippen MR) is 84.6 cm³/mol. The van der Waals surface area contributed by atoms with Crippen LogP contribution in [-0.2, 0) is 11.2 Å². The zero-order chi connectivity index (χ0) is 14.5. The number of unbranched alkanes of at least 4 members (excludes halogenated alkanes) is 1. The normalized spacial score (nSPS) is 20.2. The maximum absolute atomic E-state index is 5.73. The Balaban J connectivity index is 1.48. The molecule has 3 rings (SSSR count). The molecule has 0 bridgehead atoms. The van der Waals surface area contributed by atoms with Gasteiger partial charge in [-0.05, 0) is 36.1 Å². The van der Waals surface area contributed by atoms with Gasteiger partial charge in [-0.3, -0.25) is 0 Å². The maximum atomic E-state index is 5.73. The first-order valence-electron chi connectivity index (χ1n) is 7.79. The molecule has 110 valence electrons. The summed E-state index contributed by atoms with van der Waals surface area (Å²) in [6.45, 7) is 2.84. The van der Waals surface area contributed by atoms with E-state index >= 15 is 0 Å². The van der Waals surface area contributed by atoms with Gasteiger partial charge in [0, 0.05) is 0 Å². The van der Waals surface area contributed by atoms with Crippen LogP contribution in [0.15, 0.2) is 54.6 Å². The third-order valence-electron chi connectivity index (χ3n) is 3.87. The summed E-state index contributed by atoms with van der Waals surface area (Å²) in [6.07, 6.45) is 4.06. The van der Waals surface area contributed by atoms with Crippen molar-refractivity contribution in [1.82, 2.24) is 0 Å². The van der Waals surface area contributed by atoms with E-state index in [0.29, 0.717) is 6.61 Å². The number of hydrogen-bond donors (Lipinski definition) is 0. The molecule has 2 aromatic carbocycles. The van der Waals surface area contributed by atoms with Gasteiger partial charge in [0.25, 0.3) is 0 Å². The lowest BCUT2D eigenvalue weighted by atomic mass is 10.0. The molecule has 0 radical (unpaired) electrons. The fraction of sp³-hybridized carbons (Fsp3) is 0.368. The summed E-state index contributed by atoms with van der Waals surface area (Å²) in [7, 11) is 0. The van der Waals surface area contributed by atoms with Crippen molar-refractivity contribution in [1.29, 1.82) is 0 Å². The van der Waals surface area contributed by atoms with Crippen LogP contribution in [0.25, 0.3) is 0 Å². The lowest BCUT2D eigenvalue weighted by Crippen LogP contribution is -2.05. The summed E-state index contributed by atoms with van der Waals surface area (Å²) < 4.78 is 11.5. The van der Waals surface area contributed by atoms with Gasteiger partial charge in [-0.25, -0.2) is 0 Å². The third-order valence-corrected chi connectivity index (χ3v) is 3.87. The van der Waals surface area contributed by atoms with Crippen molar-refractivity contribution in [2.45, 2.75) is 38.4 Å². The van der Waals surface area contributed by atoms with Crippen molar-refractivity contribution in [3.05, 3.63) is 65.7 Å². The van der Waals surface area contributed by atoms with Crippen LogP contribution in [0.4, 0.5) is 0 Å². The molecule has 21 heavy (non-hydrogen) atoms. The Kier molecular flexibility index (Phi) is 4.56. The largest absolute Gasteiger partial charge is 0.491 e. The molecule has 1 heterocycles. The minimum Gasteiger partial charge on any atom is -0.491 e. The second-order valence-electron chi connectivity index (χ2n) is 5.56. The average molecular weight is 282 g/mol. The van der Waals surface area contributed by atoms with Crippen molar-refractivity contribution in [2.24, 2.45) is 0 Å². The number of para-hydroxylation sites is 1. The lowest BCUT2D eigenvalue weighted by molar-refractivity contribution is 0.260. The number of benzene rings is 2. The van der Waals surface area contributed by atoms with Gasteiger partial charge in [0.05, 0.1) is 0 Å². The van der Waals surface area contributed by atoms with Gasteiger partial charge >= 0.3 is 0 Å². The highest BCUT2D eigenvalue weighted by Crippen LogP contribution is 2.39. The zero-order valence-corrected chi connectivity index (χ0v) is 12.5. The smallest absolute Gasteiger partial charge is 0.123 e. The first-order chi connectivity index (χ1) is 10.4. The predicted octanol–water partition coefficient (Wildman–Crippen LogP) is 4.55. The number of rotatable bonds is 7. The molecule has 0 spiro atoms. The fourth-order valence-corrected chi connectivity index (χ4v) is 2.51. The molecule has 1 fully saturated rings. The first-order valence-corrected chi connectivity index (χ1v) is 7.79. The SMILES string of the molecule is CCCCc1ccc(C2OC2COc2ccccc2)cc1. The fourth-order valence-electron chi connectivity index (χ4n) is 2.51. The molecule has 1 aliphatic heterocycles. The molecule has 2 heteroatoms. The van der Waals surface area contributed by atoms with Crippen LogP contribution < -0.4 is 4.74 Å². The number of aryl methyl sites for hydroxylation is 1. The molecular formula is C19H22O2. The highest BCUT2D eigenvalue weighted by molar-refractivity contribution is 5.28. The van der Waals surface area contributed by atoms with E-state index in [0.717, 1.165) is 5.75 Å². The van der Waals surface area contributed by atoms with Crippen molar-refractivity contribution >= 4 is 0 Å². The van der Waals surface area contributed by atoms with E-state index in [9.17, 15) is 0 Å². The molecule has 0 aliphatic carbocycles. The summed E-state index contributed by atoms with van der Waals surface area (Å²) in [5.41, 5.74) is 2.68. The second-order valence-corrected chi connectivity index (χ2v) is 5.56. The van der Waals surface area contributed by atoms with Gasteiger partial charge in [-0.2, -0.15) is 0 Å². The maximum Gasteiger partial charge on any atom is 0.123 e. The Bertz CT molecular complexity index is 548. The van der Waals surface area contributed by atoms with Gasteiger partial charge in [0.15, 0.2) is 0 Å². The van der Waals surface area contributed by atoms with E-state index < -0.39 is 0 Å². The molecule has 0 amide bonds. The van der Waals surface area contributed by atoms with Crippen LogP contribution in [0.3, 0.4) is 0 Å². The summed E-state index contributed by atoms with van der Waals surface area (Å²) in [4.78, 5) is 0. The van der Waals surface area contributed by atoms with Crippen LogP contribution >= 0.6 is 0 Å². The van der Waals surface area contributed by atoms with Gasteiger partial charge in [0.2, 0.25) is 0 Å². The van der Waals surface area contributed by atoms with E-state index in [-0.39, 0.29) is 12.2 Å². The zero-order valence-electron chi connectivity index (χ0n) is 12.5. The highest BCUT2D eigenvalue weighted by Gasteiger charge is 2.40. The van der Waals surface area contributed by atoms with E-state index in [4.69, 9.17) is 9.47 Å². The molecule has 0 saturated carbocycles. The van der Waals surface area contributed by atoms with E-state index in [1.54, 1.807) is 0 Å². The lowest BCUT2D eigenvalue weighted by Gasteiger charge is -2.04. The van der Waals surface area contributed by atoms with Crippen molar-refractivity contribution < 1.29 is 9.47 Å². The molecular weight excluding hydrogens is 260 g/mol. The van der Waals surface area contributed by atoms with E-state index in [1.165, 1.54) is 30.4 Å². The van der Waals surface area contributed by atoms with Crippen LogP contribution in [0.5, 0.6) is 5.75 Å². The van der Waals surface area contributed by atoms with Gasteiger partial charge in [0.1, 0.15) is 24.6 Å². The number of epoxide rings is 1. The topological polar surface area (TPSA) is 21.8 Å². The Morgan fingerprint density at radius 2 is 1.76 bits per heavy atom. The van der Waals surface area contributed by atoms with Crippen molar-refractivity contribution in [3.63, 3.8) is 0 Å². The summed E-state index contributed by atoms with van der Waals surface area (Å²) in [5, 5.41) is 0. The molecule has 0 aromatic heterocycles. The minimum atomic E-state index is 0.187. The van der Waals surface area contributed by atoms with Crippen LogP contribution in [0, 0.1) is 0 Å². The summed E-state index contributed by atoms with van der Waals surface area (Å²) >= 11 is 0. The highest BCUT2D eigenvalue weighted by atomic mass is 16.6. The number of hydrogen-bond acceptors (Lipinski definition) is 2. The minimum absolute atomic E-state index is 0.187. The average Bonchev–Trinajstić information content (AvgIpc) is 3.32. The standard InChI is InChI=1S/C19H22O2/c1-2-3-7-15-10-12-16(13-11-15)19-18(21-19)14-20-17-8-5-4-6-9-17/h4-6,8-13,18-19H,2-3,7,14H2,1H3.